The lowest BCUT2D eigenvalue weighted by atomic mass is 10.1. The minimum atomic E-state index is -4.46. The van der Waals surface area contributed by atoms with E-state index in [4.69, 9.17) is 16.3 Å². The Morgan fingerprint density at radius 2 is 1.93 bits per heavy atom. The fraction of sp³-hybridized carbons (Fsp3) is 0.333. The van der Waals surface area contributed by atoms with Crippen LogP contribution in [0.1, 0.15) is 5.56 Å². The van der Waals surface area contributed by atoms with Gasteiger partial charge in [-0.15, -0.1) is 0 Å². The van der Waals surface area contributed by atoms with Gasteiger partial charge in [0, 0.05) is 13.1 Å². The third-order valence-corrected chi connectivity index (χ3v) is 2.18. The Morgan fingerprint density at radius 1 is 1.33 bits per heavy atom. The molecule has 0 saturated carbocycles. The maximum atomic E-state index is 12.4. The number of hydrogen-bond donors (Lipinski definition) is 1. The summed E-state index contributed by atoms with van der Waals surface area (Å²) in [5, 5.41) is 2.23. The predicted octanol–water partition coefficient (Wildman–Crippen LogP) is 3.41. The molecule has 2 nitrogen and oxygen atoms in total. The molecule has 0 fully saturated rings. The summed E-state index contributed by atoms with van der Waals surface area (Å²) in [4.78, 5) is 0. The molecule has 0 aliphatic rings. The lowest BCUT2D eigenvalue weighted by molar-refractivity contribution is -0.137. The molecule has 0 spiro atoms. The van der Waals surface area contributed by atoms with Crippen molar-refractivity contribution in [2.24, 2.45) is 0 Å². The Balaban J connectivity index is 3.32. The molecule has 1 aromatic rings. The molecule has 1 aromatic carbocycles. The summed E-state index contributed by atoms with van der Waals surface area (Å²) in [5.74, 6) is 0.274. The third kappa shape index (κ3) is 2.47. The second-order valence-electron chi connectivity index (χ2n) is 2.78. The van der Waals surface area contributed by atoms with Gasteiger partial charge < -0.3 is 10.1 Å². The van der Waals surface area contributed by atoms with Crippen LogP contribution in [0.25, 0.3) is 0 Å². The van der Waals surface area contributed by atoms with E-state index in [9.17, 15) is 13.2 Å². The number of alkyl halides is 3. The van der Waals surface area contributed by atoms with Crippen LogP contribution in [0.4, 0.5) is 18.9 Å². The molecule has 1 rings (SSSR count). The zero-order chi connectivity index (χ0) is 11.6. The Bertz CT molecular complexity index is 365. The molecular formula is C9H9ClF3NO. The van der Waals surface area contributed by atoms with Gasteiger partial charge in [0.05, 0.1) is 23.4 Å². The molecule has 0 amide bonds. The topological polar surface area (TPSA) is 21.3 Å². The molecular weight excluding hydrogens is 231 g/mol. The van der Waals surface area contributed by atoms with Gasteiger partial charge in [-0.25, -0.2) is 0 Å². The number of hydrogen-bond acceptors (Lipinski definition) is 2. The third-order valence-electron chi connectivity index (χ3n) is 1.86. The monoisotopic (exact) mass is 239 g/mol. The number of methoxy groups -OCH3 is 1. The zero-order valence-electron chi connectivity index (χ0n) is 8.07. The summed E-state index contributed by atoms with van der Waals surface area (Å²) in [6.07, 6.45) is -4.46. The Labute approximate surface area is 90.0 Å². The van der Waals surface area contributed by atoms with E-state index in [-0.39, 0.29) is 16.5 Å². The molecule has 0 aromatic heterocycles. The molecule has 0 radical (unpaired) electrons. The summed E-state index contributed by atoms with van der Waals surface area (Å²) in [6.45, 7) is 0. The van der Waals surface area contributed by atoms with Gasteiger partial charge in [0.2, 0.25) is 0 Å². The molecule has 84 valence electrons. The Kier molecular flexibility index (Phi) is 3.34. The minimum absolute atomic E-state index is 0.245. The fourth-order valence-electron chi connectivity index (χ4n) is 1.14. The summed E-state index contributed by atoms with van der Waals surface area (Å²) in [6, 6.07) is 2.05. The highest BCUT2D eigenvalue weighted by Gasteiger charge is 2.34. The zero-order valence-corrected chi connectivity index (χ0v) is 8.83. The molecule has 0 saturated heterocycles. The second-order valence-corrected chi connectivity index (χ2v) is 3.19. The summed E-state index contributed by atoms with van der Waals surface area (Å²) in [5.41, 5.74) is -0.636. The number of anilines is 1. The van der Waals surface area contributed by atoms with Crippen molar-refractivity contribution in [3.05, 3.63) is 22.7 Å². The smallest absolute Gasteiger partial charge is 0.417 e. The van der Waals surface area contributed by atoms with Gasteiger partial charge in [-0.2, -0.15) is 13.2 Å². The van der Waals surface area contributed by atoms with Crippen LogP contribution in [-0.4, -0.2) is 14.2 Å². The number of benzene rings is 1. The van der Waals surface area contributed by atoms with Crippen molar-refractivity contribution >= 4 is 17.3 Å². The molecule has 0 aliphatic heterocycles. The van der Waals surface area contributed by atoms with Crippen LogP contribution >= 0.6 is 11.6 Å². The summed E-state index contributed by atoms with van der Waals surface area (Å²) < 4.78 is 42.2. The Morgan fingerprint density at radius 3 is 2.33 bits per heavy atom. The number of rotatable bonds is 2. The van der Waals surface area contributed by atoms with Crippen LogP contribution in [0.5, 0.6) is 5.75 Å². The van der Waals surface area contributed by atoms with Gasteiger partial charge in [0.25, 0.3) is 0 Å². The van der Waals surface area contributed by atoms with E-state index in [0.717, 1.165) is 12.1 Å². The SMILES string of the molecule is CNc1cc(C(F)(F)F)c(Cl)cc1OC. The van der Waals surface area contributed by atoms with E-state index in [1.807, 2.05) is 0 Å². The van der Waals surface area contributed by atoms with E-state index in [1.165, 1.54) is 14.2 Å². The quantitative estimate of drug-likeness (QED) is 0.854. The van der Waals surface area contributed by atoms with Gasteiger partial charge in [-0.3, -0.25) is 0 Å². The average molecular weight is 240 g/mol. The normalized spacial score (nSPS) is 11.3. The molecule has 15 heavy (non-hydrogen) atoms. The van der Waals surface area contributed by atoms with E-state index >= 15 is 0 Å². The Hall–Kier alpha value is -1.10. The van der Waals surface area contributed by atoms with E-state index in [1.54, 1.807) is 0 Å². The van der Waals surface area contributed by atoms with Gasteiger partial charge in [-0.1, -0.05) is 11.6 Å². The largest absolute Gasteiger partial charge is 0.495 e. The van der Waals surface area contributed by atoms with Crippen molar-refractivity contribution in [3.8, 4) is 5.75 Å². The first-order valence-corrected chi connectivity index (χ1v) is 4.40. The van der Waals surface area contributed by atoms with Crippen LogP contribution in [0.15, 0.2) is 12.1 Å². The highest BCUT2D eigenvalue weighted by Crippen LogP contribution is 2.40. The lowest BCUT2D eigenvalue weighted by Crippen LogP contribution is -2.07. The van der Waals surface area contributed by atoms with Crippen LogP contribution in [0.3, 0.4) is 0 Å². The number of halogens is 4. The standard InChI is InChI=1S/C9H9ClF3NO/c1-14-7-3-5(9(11,12)13)6(10)4-8(7)15-2/h3-4,14H,1-2H3. The summed E-state index contributed by atoms with van der Waals surface area (Å²) >= 11 is 5.49. The van der Waals surface area contributed by atoms with Crippen LogP contribution in [0.2, 0.25) is 5.02 Å². The average Bonchev–Trinajstić information content (AvgIpc) is 2.15. The van der Waals surface area contributed by atoms with Crippen molar-refractivity contribution in [3.63, 3.8) is 0 Å². The van der Waals surface area contributed by atoms with E-state index in [2.05, 4.69) is 5.32 Å². The molecule has 0 atom stereocenters. The molecule has 1 N–H and O–H groups in total. The first kappa shape index (κ1) is 12.0. The van der Waals surface area contributed by atoms with Gasteiger partial charge >= 0.3 is 6.18 Å². The molecule has 0 heterocycles. The number of ether oxygens (including phenoxy) is 1. The maximum Gasteiger partial charge on any atom is 0.417 e. The minimum Gasteiger partial charge on any atom is -0.495 e. The molecule has 6 heteroatoms. The van der Waals surface area contributed by atoms with Crippen molar-refractivity contribution in [2.45, 2.75) is 6.18 Å². The van der Waals surface area contributed by atoms with Crippen molar-refractivity contribution in [1.29, 1.82) is 0 Å². The second kappa shape index (κ2) is 4.18. The summed E-state index contributed by atoms with van der Waals surface area (Å²) in [7, 11) is 2.87. The van der Waals surface area contributed by atoms with Crippen molar-refractivity contribution < 1.29 is 17.9 Å². The number of nitrogens with one attached hydrogen (secondary N) is 1. The van der Waals surface area contributed by atoms with Gasteiger partial charge in [-0.05, 0) is 6.07 Å². The van der Waals surface area contributed by atoms with Crippen LogP contribution in [-0.2, 0) is 6.18 Å². The fourth-order valence-corrected chi connectivity index (χ4v) is 1.40. The first-order valence-electron chi connectivity index (χ1n) is 4.02. The van der Waals surface area contributed by atoms with E-state index in [0.29, 0.717) is 0 Å². The highest BCUT2D eigenvalue weighted by atomic mass is 35.5. The molecule has 0 aliphatic carbocycles. The maximum absolute atomic E-state index is 12.4. The molecule has 0 unspecified atom stereocenters. The van der Waals surface area contributed by atoms with E-state index < -0.39 is 11.7 Å². The molecule has 0 bridgehead atoms. The highest BCUT2D eigenvalue weighted by molar-refractivity contribution is 6.31. The lowest BCUT2D eigenvalue weighted by Gasteiger charge is -2.14. The van der Waals surface area contributed by atoms with Crippen molar-refractivity contribution in [2.75, 3.05) is 19.5 Å². The van der Waals surface area contributed by atoms with Gasteiger partial charge in [0.1, 0.15) is 5.75 Å². The van der Waals surface area contributed by atoms with Crippen LogP contribution in [0, 0.1) is 0 Å². The van der Waals surface area contributed by atoms with Gasteiger partial charge in [0.15, 0.2) is 0 Å². The van der Waals surface area contributed by atoms with Crippen LogP contribution < -0.4 is 10.1 Å². The van der Waals surface area contributed by atoms with Crippen molar-refractivity contribution in [1.82, 2.24) is 0 Å². The predicted molar refractivity (Wildman–Crippen MR) is 52.6 cm³/mol. The first-order chi connectivity index (χ1) is 6.90.